The van der Waals surface area contributed by atoms with Gasteiger partial charge in [-0.15, -0.1) is 0 Å². The summed E-state index contributed by atoms with van der Waals surface area (Å²) in [5.74, 6) is 2.32. The van der Waals surface area contributed by atoms with Crippen LogP contribution >= 0.6 is 0 Å². The van der Waals surface area contributed by atoms with Gasteiger partial charge < -0.3 is 0 Å². The van der Waals surface area contributed by atoms with Crippen molar-refractivity contribution in [1.82, 2.24) is 0 Å². The summed E-state index contributed by atoms with van der Waals surface area (Å²) < 4.78 is 12.9. The third kappa shape index (κ3) is 9.40. The van der Waals surface area contributed by atoms with Gasteiger partial charge in [-0.2, -0.15) is 9.65 Å². The summed E-state index contributed by atoms with van der Waals surface area (Å²) in [4.78, 5) is 0. The van der Waals surface area contributed by atoms with E-state index in [1.165, 1.54) is 102 Å². The highest BCUT2D eigenvalue weighted by Gasteiger charge is 2.22. The quantitative estimate of drug-likeness (QED) is 0.172. The van der Waals surface area contributed by atoms with Crippen LogP contribution in [0.25, 0.3) is 0 Å². The number of hydrogen-bond acceptors (Lipinski definition) is 1. The Morgan fingerprint density at radius 1 is 0.882 bits per heavy atom. The van der Waals surface area contributed by atoms with Gasteiger partial charge in [0.1, 0.15) is 6.07 Å². The molecule has 2 saturated carbocycles. The minimum absolute atomic E-state index is 0.628. The van der Waals surface area contributed by atoms with E-state index in [9.17, 15) is 4.39 Å². The van der Waals surface area contributed by atoms with Gasteiger partial charge in [0.25, 0.3) is 0 Å². The third-order valence-corrected chi connectivity index (χ3v) is 8.34. The lowest BCUT2D eigenvalue weighted by atomic mass is 9.76. The molecule has 2 aliphatic rings. The molecule has 34 heavy (non-hydrogen) atoms. The topological polar surface area (TPSA) is 23.8 Å². The highest BCUT2D eigenvalue weighted by molar-refractivity contribution is 5.26. The van der Waals surface area contributed by atoms with Crippen molar-refractivity contribution in [2.24, 2.45) is 17.8 Å². The van der Waals surface area contributed by atoms with Crippen molar-refractivity contribution in [2.75, 3.05) is 0 Å². The van der Waals surface area contributed by atoms with Gasteiger partial charge in [0.15, 0.2) is 5.83 Å². The van der Waals surface area contributed by atoms with Gasteiger partial charge in [0.2, 0.25) is 0 Å². The molecule has 0 radical (unpaired) electrons. The summed E-state index contributed by atoms with van der Waals surface area (Å²) in [6.45, 7) is 2.28. The molecular formula is C32H46FN. The Morgan fingerprint density at radius 3 is 2.12 bits per heavy atom. The molecule has 186 valence electrons. The third-order valence-electron chi connectivity index (χ3n) is 8.34. The van der Waals surface area contributed by atoms with Gasteiger partial charge in [-0.25, -0.2) is 0 Å². The smallest absolute Gasteiger partial charge is 0.195 e. The average molecular weight is 464 g/mol. The largest absolute Gasteiger partial charge is 0.196 e. The van der Waals surface area contributed by atoms with E-state index in [0.717, 1.165) is 24.2 Å². The van der Waals surface area contributed by atoms with Gasteiger partial charge in [-0.1, -0.05) is 69.0 Å². The first kappa shape index (κ1) is 26.7. The van der Waals surface area contributed by atoms with Crippen molar-refractivity contribution in [3.05, 3.63) is 59.4 Å². The number of benzene rings is 1. The second-order valence-corrected chi connectivity index (χ2v) is 10.9. The maximum atomic E-state index is 12.9. The lowest BCUT2D eigenvalue weighted by Gasteiger charge is -2.29. The molecule has 0 atom stereocenters. The normalized spacial score (nSPS) is 26.0. The molecule has 2 aliphatic carbocycles. The molecule has 2 fully saturated rings. The van der Waals surface area contributed by atoms with E-state index in [1.54, 1.807) is 11.6 Å². The van der Waals surface area contributed by atoms with Crippen molar-refractivity contribution >= 4 is 0 Å². The molecule has 0 aliphatic heterocycles. The number of nitrogens with zero attached hydrogens (tertiary/aromatic N) is 1. The molecule has 3 rings (SSSR count). The first-order valence-corrected chi connectivity index (χ1v) is 14.2. The first-order chi connectivity index (χ1) is 16.7. The Morgan fingerprint density at radius 2 is 1.50 bits per heavy atom. The zero-order valence-electron chi connectivity index (χ0n) is 21.5. The summed E-state index contributed by atoms with van der Waals surface area (Å²) >= 11 is 0. The van der Waals surface area contributed by atoms with Crippen molar-refractivity contribution in [2.45, 2.75) is 116 Å². The standard InChI is InChI=1S/C32H46FN/c1-2-3-4-5-6-8-26-17-21-30(22-18-26)31-23-19-29(20-24-31)16-15-28-13-11-27(12-14-28)9-7-10-32(33)25-34/h10,15-18,21-22,27-29,31H,2-9,11-14,19-20,23-24H2,1H3. The number of allylic oxidation sites excluding steroid dienone is 4. The number of halogens is 1. The fourth-order valence-electron chi connectivity index (χ4n) is 6.01. The van der Waals surface area contributed by atoms with Gasteiger partial charge in [0, 0.05) is 0 Å². The Bertz CT molecular complexity index is 783. The van der Waals surface area contributed by atoms with Crippen molar-refractivity contribution < 1.29 is 4.39 Å². The average Bonchev–Trinajstić information content (AvgIpc) is 2.88. The lowest BCUT2D eigenvalue weighted by Crippen LogP contribution is -2.14. The molecule has 0 spiro atoms. The fraction of sp³-hybridized carbons (Fsp3) is 0.656. The van der Waals surface area contributed by atoms with E-state index >= 15 is 0 Å². The SMILES string of the molecule is CCCCCCCc1ccc(C2CCC(C=CC3CCC(CCC=C(F)C#N)CC3)CC2)cc1. The molecule has 0 aromatic heterocycles. The van der Waals surface area contributed by atoms with Crippen LogP contribution in [0.15, 0.2) is 48.3 Å². The second-order valence-electron chi connectivity index (χ2n) is 10.9. The lowest BCUT2D eigenvalue weighted by molar-refractivity contribution is 0.295. The molecule has 2 heteroatoms. The molecule has 1 aromatic rings. The Kier molecular flexibility index (Phi) is 11.9. The van der Waals surface area contributed by atoms with Crippen LogP contribution in [0, 0.1) is 29.1 Å². The number of aryl methyl sites for hydroxylation is 1. The van der Waals surface area contributed by atoms with Gasteiger partial charge in [-0.05, 0) is 118 Å². The van der Waals surface area contributed by atoms with Gasteiger partial charge >= 0.3 is 0 Å². The van der Waals surface area contributed by atoms with Crippen LogP contribution in [0.4, 0.5) is 4.39 Å². The molecule has 0 N–H and O–H groups in total. The minimum Gasteiger partial charge on any atom is -0.195 e. The highest BCUT2D eigenvalue weighted by atomic mass is 19.1. The molecule has 0 unspecified atom stereocenters. The van der Waals surface area contributed by atoms with E-state index < -0.39 is 5.83 Å². The van der Waals surface area contributed by atoms with E-state index in [2.05, 4.69) is 43.3 Å². The molecule has 0 saturated heterocycles. The van der Waals surface area contributed by atoms with Crippen molar-refractivity contribution in [3.63, 3.8) is 0 Å². The molecule has 0 heterocycles. The van der Waals surface area contributed by atoms with Crippen LogP contribution in [-0.4, -0.2) is 0 Å². The zero-order valence-corrected chi connectivity index (χ0v) is 21.5. The molecule has 0 bridgehead atoms. The number of rotatable bonds is 12. The van der Waals surface area contributed by atoms with E-state index in [-0.39, 0.29) is 0 Å². The van der Waals surface area contributed by atoms with E-state index in [0.29, 0.717) is 12.3 Å². The van der Waals surface area contributed by atoms with Crippen molar-refractivity contribution in [3.8, 4) is 6.07 Å². The molecular weight excluding hydrogens is 417 g/mol. The van der Waals surface area contributed by atoms with Gasteiger partial charge in [0.05, 0.1) is 0 Å². The Balaban J connectivity index is 1.32. The number of nitriles is 1. The molecule has 0 amide bonds. The van der Waals surface area contributed by atoms with Crippen LogP contribution in [0.2, 0.25) is 0 Å². The summed E-state index contributed by atoms with van der Waals surface area (Å²) in [6.07, 6.45) is 26.6. The summed E-state index contributed by atoms with van der Waals surface area (Å²) in [7, 11) is 0. The summed E-state index contributed by atoms with van der Waals surface area (Å²) in [5.41, 5.74) is 3.07. The van der Waals surface area contributed by atoms with Crippen LogP contribution < -0.4 is 0 Å². The summed E-state index contributed by atoms with van der Waals surface area (Å²) in [6, 6.07) is 11.1. The minimum atomic E-state index is -0.628. The van der Waals surface area contributed by atoms with Crippen LogP contribution in [0.1, 0.15) is 120 Å². The fourth-order valence-corrected chi connectivity index (χ4v) is 6.01. The van der Waals surface area contributed by atoms with Gasteiger partial charge in [-0.3, -0.25) is 0 Å². The first-order valence-electron chi connectivity index (χ1n) is 14.2. The van der Waals surface area contributed by atoms with Crippen LogP contribution in [0.3, 0.4) is 0 Å². The zero-order chi connectivity index (χ0) is 24.0. The maximum Gasteiger partial charge on any atom is 0.196 e. The van der Waals surface area contributed by atoms with E-state index in [1.807, 2.05) is 0 Å². The Labute approximate surface area is 208 Å². The highest BCUT2D eigenvalue weighted by Crippen LogP contribution is 2.38. The predicted octanol–water partition coefficient (Wildman–Crippen LogP) is 9.99. The number of unbranched alkanes of at least 4 members (excludes halogenated alkanes) is 4. The maximum absolute atomic E-state index is 12.9. The number of hydrogen-bond donors (Lipinski definition) is 0. The predicted molar refractivity (Wildman–Crippen MR) is 142 cm³/mol. The Hall–Kier alpha value is -1.88. The second kappa shape index (κ2) is 15.2. The summed E-state index contributed by atoms with van der Waals surface area (Å²) in [5, 5.41) is 8.50. The van der Waals surface area contributed by atoms with Crippen LogP contribution in [0.5, 0.6) is 0 Å². The monoisotopic (exact) mass is 463 g/mol. The van der Waals surface area contributed by atoms with Crippen LogP contribution in [-0.2, 0) is 6.42 Å². The molecule has 1 nitrogen and oxygen atoms in total. The molecule has 1 aromatic carbocycles. The van der Waals surface area contributed by atoms with E-state index in [4.69, 9.17) is 5.26 Å². The van der Waals surface area contributed by atoms with Crippen molar-refractivity contribution in [1.29, 1.82) is 5.26 Å².